The second kappa shape index (κ2) is 13.5. The van der Waals surface area contributed by atoms with Crippen LogP contribution >= 0.6 is 0 Å². The smallest absolute Gasteiger partial charge is 0.224 e. The monoisotopic (exact) mass is 245 g/mol. The molecule has 0 aromatic carbocycles. The number of nitrogens with zero attached hydrogens (tertiary/aromatic N) is 1. The highest BCUT2D eigenvalue weighted by Gasteiger charge is 2.11. The minimum Gasteiger partial charge on any atom is -0.381 e. The van der Waals surface area contributed by atoms with Crippen molar-refractivity contribution in [3.8, 4) is 0 Å². The van der Waals surface area contributed by atoms with Crippen molar-refractivity contribution >= 4 is 5.91 Å². The molecular weight excluding hydrogens is 214 g/mol. The second-order valence-electron chi connectivity index (χ2n) is 4.23. The number of carbonyl (C=O) groups excluding carboxylic acids is 1. The van der Waals surface area contributed by atoms with E-state index in [0.29, 0.717) is 0 Å². The van der Waals surface area contributed by atoms with Crippen LogP contribution in [0.15, 0.2) is 0 Å². The first-order valence-electron chi connectivity index (χ1n) is 6.92. The van der Waals surface area contributed by atoms with Crippen LogP contribution < -0.4 is 0 Å². The van der Waals surface area contributed by atoms with Crippen LogP contribution in [0.2, 0.25) is 0 Å². The number of rotatable bonds is 8. The van der Waals surface area contributed by atoms with Crippen molar-refractivity contribution in [2.24, 2.45) is 5.92 Å². The zero-order valence-electron chi connectivity index (χ0n) is 12.6. The Labute approximate surface area is 108 Å². The first-order chi connectivity index (χ1) is 8.09. The largest absolute Gasteiger partial charge is 0.381 e. The van der Waals surface area contributed by atoms with E-state index in [4.69, 9.17) is 4.74 Å². The van der Waals surface area contributed by atoms with Crippen molar-refractivity contribution < 1.29 is 9.53 Å². The van der Waals surface area contributed by atoms with E-state index in [2.05, 4.69) is 6.92 Å². The molecule has 0 aliphatic rings. The number of unbranched alkanes of at least 4 members (excludes halogenated alkanes) is 1. The summed E-state index contributed by atoms with van der Waals surface area (Å²) in [6, 6.07) is 0. The average molecular weight is 245 g/mol. The Morgan fingerprint density at radius 2 is 1.71 bits per heavy atom. The lowest BCUT2D eigenvalue weighted by molar-refractivity contribution is -0.133. The molecule has 0 aliphatic carbocycles. The molecule has 0 rings (SSSR count). The lowest BCUT2D eigenvalue weighted by Crippen LogP contribution is -2.31. The molecule has 0 unspecified atom stereocenters. The van der Waals surface area contributed by atoms with E-state index < -0.39 is 0 Å². The summed E-state index contributed by atoms with van der Waals surface area (Å²) in [5.74, 6) is 0.305. The van der Waals surface area contributed by atoms with Crippen molar-refractivity contribution in [1.82, 2.24) is 4.90 Å². The van der Waals surface area contributed by atoms with Crippen molar-refractivity contribution in [3.05, 3.63) is 0 Å². The number of hydrogen-bond donors (Lipinski definition) is 0. The maximum atomic E-state index is 11.5. The fourth-order valence-electron chi connectivity index (χ4n) is 1.30. The molecule has 0 atom stereocenters. The van der Waals surface area contributed by atoms with Crippen LogP contribution in [-0.4, -0.2) is 37.6 Å². The van der Waals surface area contributed by atoms with Crippen molar-refractivity contribution in [1.29, 1.82) is 0 Å². The lowest BCUT2D eigenvalue weighted by atomic mass is 10.2. The van der Waals surface area contributed by atoms with Crippen LogP contribution in [0, 0.1) is 5.92 Å². The summed E-state index contributed by atoms with van der Waals surface area (Å²) in [4.78, 5) is 13.3. The van der Waals surface area contributed by atoms with Crippen molar-refractivity contribution in [2.75, 3.05) is 26.8 Å². The fourth-order valence-corrected chi connectivity index (χ4v) is 1.30. The van der Waals surface area contributed by atoms with Gasteiger partial charge in [0.2, 0.25) is 5.91 Å². The predicted molar refractivity (Wildman–Crippen MR) is 74.2 cm³/mol. The molecule has 0 aliphatic heterocycles. The Hall–Kier alpha value is -0.570. The SMILES string of the molecule is CC.CCCCOCCCN(C)C(=O)C(C)C. The highest BCUT2D eigenvalue weighted by atomic mass is 16.5. The zero-order valence-corrected chi connectivity index (χ0v) is 12.6. The standard InChI is InChI=1S/C12H25NO2.C2H6/c1-5-6-9-15-10-7-8-13(4)12(14)11(2)3;1-2/h11H,5-10H2,1-4H3;1-2H3. The first kappa shape index (κ1) is 18.8. The fraction of sp³-hybridized carbons (Fsp3) is 0.929. The van der Waals surface area contributed by atoms with Gasteiger partial charge in [0.05, 0.1) is 0 Å². The zero-order chi connectivity index (χ0) is 13.7. The van der Waals surface area contributed by atoms with Gasteiger partial charge in [0.1, 0.15) is 0 Å². The van der Waals surface area contributed by atoms with Gasteiger partial charge in [0, 0.05) is 32.7 Å². The van der Waals surface area contributed by atoms with E-state index in [0.717, 1.165) is 32.6 Å². The predicted octanol–water partition coefficient (Wildman–Crippen LogP) is 3.33. The number of hydrogen-bond acceptors (Lipinski definition) is 2. The van der Waals surface area contributed by atoms with E-state index in [-0.39, 0.29) is 11.8 Å². The Morgan fingerprint density at radius 1 is 1.18 bits per heavy atom. The van der Waals surface area contributed by atoms with Gasteiger partial charge in [0.25, 0.3) is 0 Å². The number of amides is 1. The Balaban J connectivity index is 0. The van der Waals surface area contributed by atoms with Gasteiger partial charge in [-0.15, -0.1) is 0 Å². The van der Waals surface area contributed by atoms with E-state index >= 15 is 0 Å². The summed E-state index contributed by atoms with van der Waals surface area (Å²) in [7, 11) is 1.86. The summed E-state index contributed by atoms with van der Waals surface area (Å²) >= 11 is 0. The average Bonchev–Trinajstić information content (AvgIpc) is 2.34. The van der Waals surface area contributed by atoms with Gasteiger partial charge in [-0.25, -0.2) is 0 Å². The molecule has 0 fully saturated rings. The van der Waals surface area contributed by atoms with Gasteiger partial charge in [0.15, 0.2) is 0 Å². The van der Waals surface area contributed by atoms with Gasteiger partial charge in [-0.3, -0.25) is 4.79 Å². The van der Waals surface area contributed by atoms with E-state index in [1.807, 2.05) is 34.7 Å². The molecular formula is C14H31NO2. The Bertz CT molecular complexity index is 170. The summed E-state index contributed by atoms with van der Waals surface area (Å²) in [5, 5.41) is 0. The molecule has 0 aromatic heterocycles. The second-order valence-corrected chi connectivity index (χ2v) is 4.23. The molecule has 0 radical (unpaired) electrons. The molecule has 0 N–H and O–H groups in total. The topological polar surface area (TPSA) is 29.5 Å². The van der Waals surface area contributed by atoms with E-state index in [1.165, 1.54) is 6.42 Å². The van der Waals surface area contributed by atoms with Crippen molar-refractivity contribution in [2.45, 2.75) is 53.9 Å². The molecule has 3 nitrogen and oxygen atoms in total. The lowest BCUT2D eigenvalue weighted by Gasteiger charge is -2.19. The summed E-state index contributed by atoms with van der Waals surface area (Å²) in [6.07, 6.45) is 3.23. The normalized spacial score (nSPS) is 9.82. The van der Waals surface area contributed by atoms with Gasteiger partial charge < -0.3 is 9.64 Å². The highest BCUT2D eigenvalue weighted by molar-refractivity contribution is 5.77. The molecule has 0 spiro atoms. The van der Waals surface area contributed by atoms with Gasteiger partial charge in [-0.1, -0.05) is 41.0 Å². The number of carbonyl (C=O) groups is 1. The molecule has 0 heterocycles. The van der Waals surface area contributed by atoms with Gasteiger partial charge in [-0.2, -0.15) is 0 Å². The molecule has 1 amide bonds. The summed E-state index contributed by atoms with van der Waals surface area (Å²) < 4.78 is 5.43. The third-order valence-electron chi connectivity index (χ3n) is 2.29. The quantitative estimate of drug-likeness (QED) is 0.614. The van der Waals surface area contributed by atoms with E-state index in [9.17, 15) is 4.79 Å². The van der Waals surface area contributed by atoms with Crippen LogP contribution in [0.5, 0.6) is 0 Å². The summed E-state index contributed by atoms with van der Waals surface area (Å²) in [5.41, 5.74) is 0. The Kier molecular flexibility index (Phi) is 14.9. The molecule has 0 saturated carbocycles. The summed E-state index contributed by atoms with van der Waals surface area (Å²) in [6.45, 7) is 12.4. The minimum atomic E-state index is 0.0935. The third-order valence-corrected chi connectivity index (χ3v) is 2.29. The van der Waals surface area contributed by atoms with Crippen LogP contribution in [0.25, 0.3) is 0 Å². The molecule has 0 saturated heterocycles. The van der Waals surface area contributed by atoms with E-state index in [1.54, 1.807) is 4.90 Å². The Morgan fingerprint density at radius 3 is 2.18 bits per heavy atom. The third kappa shape index (κ3) is 11.7. The van der Waals surface area contributed by atoms with Crippen LogP contribution in [0.4, 0.5) is 0 Å². The molecule has 0 aromatic rings. The van der Waals surface area contributed by atoms with Gasteiger partial charge >= 0.3 is 0 Å². The van der Waals surface area contributed by atoms with Gasteiger partial charge in [-0.05, 0) is 12.8 Å². The number of ether oxygens (including phenoxy) is 1. The van der Waals surface area contributed by atoms with Crippen molar-refractivity contribution in [3.63, 3.8) is 0 Å². The minimum absolute atomic E-state index is 0.0935. The molecule has 0 bridgehead atoms. The first-order valence-corrected chi connectivity index (χ1v) is 6.92. The highest BCUT2D eigenvalue weighted by Crippen LogP contribution is 2.00. The van der Waals surface area contributed by atoms with Crippen LogP contribution in [-0.2, 0) is 9.53 Å². The molecule has 104 valence electrons. The molecule has 3 heteroatoms. The van der Waals surface area contributed by atoms with Crippen LogP contribution in [0.3, 0.4) is 0 Å². The van der Waals surface area contributed by atoms with Crippen LogP contribution in [0.1, 0.15) is 53.9 Å². The maximum Gasteiger partial charge on any atom is 0.224 e. The molecule has 17 heavy (non-hydrogen) atoms. The maximum absolute atomic E-state index is 11.5.